The second-order valence-electron chi connectivity index (χ2n) is 4.59. The molecule has 1 heterocycles. The van der Waals surface area contributed by atoms with E-state index in [0.717, 1.165) is 18.1 Å². The second kappa shape index (κ2) is 6.69. The lowest BCUT2D eigenvalue weighted by Gasteiger charge is -1.95. The van der Waals surface area contributed by atoms with Crippen LogP contribution in [0.25, 0.3) is 0 Å². The second-order valence-corrected chi connectivity index (χ2v) is 4.59. The summed E-state index contributed by atoms with van der Waals surface area (Å²) in [6.07, 6.45) is 2.84. The molecular formula is C13H24O. The van der Waals surface area contributed by atoms with Gasteiger partial charge in [-0.25, -0.2) is 0 Å². The summed E-state index contributed by atoms with van der Waals surface area (Å²) >= 11 is 0. The molecule has 0 aliphatic heterocycles. The summed E-state index contributed by atoms with van der Waals surface area (Å²) < 4.78 is 5.28. The molecular weight excluding hydrogens is 172 g/mol. The minimum absolute atomic E-state index is 0.587. The smallest absolute Gasteiger partial charge is 0.103 e. The minimum Gasteiger partial charge on any atom is -0.469 e. The topological polar surface area (TPSA) is 13.1 Å². The molecule has 1 nitrogen and oxygen atoms in total. The summed E-state index contributed by atoms with van der Waals surface area (Å²) in [6, 6.07) is 2.13. The van der Waals surface area contributed by atoms with E-state index < -0.39 is 0 Å². The van der Waals surface area contributed by atoms with Crippen molar-refractivity contribution in [2.75, 3.05) is 0 Å². The van der Waals surface area contributed by atoms with Crippen LogP contribution in [0.5, 0.6) is 0 Å². The molecule has 0 saturated heterocycles. The lowest BCUT2D eigenvalue weighted by molar-refractivity contribution is 0.513. The molecule has 0 bridgehead atoms. The maximum Gasteiger partial charge on any atom is 0.103 e. The van der Waals surface area contributed by atoms with Crippen LogP contribution in [0.1, 0.15) is 58.8 Å². The van der Waals surface area contributed by atoms with Crippen LogP contribution in [-0.2, 0) is 6.42 Å². The summed E-state index contributed by atoms with van der Waals surface area (Å²) in [6.45, 7) is 12.9. The standard InChI is InChI=1S/C9H14O.C4H10/c1-4-9-5-8(6-10-9)7(2)3;1-4(2)3/h5-7H,4H2,1-3H3;4H,1-3H3. The summed E-state index contributed by atoms with van der Waals surface area (Å²) in [7, 11) is 0. The van der Waals surface area contributed by atoms with Crippen molar-refractivity contribution in [2.24, 2.45) is 5.92 Å². The molecule has 0 aliphatic rings. The van der Waals surface area contributed by atoms with Crippen LogP contribution in [0, 0.1) is 5.92 Å². The van der Waals surface area contributed by atoms with Gasteiger partial charge in [0.1, 0.15) is 5.76 Å². The van der Waals surface area contributed by atoms with Crippen LogP contribution >= 0.6 is 0 Å². The summed E-state index contributed by atoms with van der Waals surface area (Å²) in [5.41, 5.74) is 1.30. The number of furan rings is 1. The highest BCUT2D eigenvalue weighted by Gasteiger charge is 2.02. The van der Waals surface area contributed by atoms with E-state index in [4.69, 9.17) is 4.42 Å². The first kappa shape index (κ1) is 13.3. The molecule has 0 saturated carbocycles. The highest BCUT2D eigenvalue weighted by molar-refractivity contribution is 5.15. The number of aryl methyl sites for hydroxylation is 1. The van der Waals surface area contributed by atoms with Gasteiger partial charge in [0.15, 0.2) is 0 Å². The first-order valence-electron chi connectivity index (χ1n) is 5.54. The normalized spacial score (nSPS) is 10.3. The molecule has 1 rings (SSSR count). The lowest BCUT2D eigenvalue weighted by atomic mass is 10.1. The molecule has 0 N–H and O–H groups in total. The van der Waals surface area contributed by atoms with Gasteiger partial charge in [0.25, 0.3) is 0 Å². The van der Waals surface area contributed by atoms with Gasteiger partial charge in [0.05, 0.1) is 6.26 Å². The zero-order chi connectivity index (χ0) is 11.1. The molecule has 0 atom stereocenters. The van der Waals surface area contributed by atoms with Crippen molar-refractivity contribution in [3.63, 3.8) is 0 Å². The van der Waals surface area contributed by atoms with Crippen molar-refractivity contribution in [1.82, 2.24) is 0 Å². The molecule has 0 amide bonds. The van der Waals surface area contributed by atoms with E-state index in [0.29, 0.717) is 5.92 Å². The third-order valence-electron chi connectivity index (χ3n) is 1.69. The van der Waals surface area contributed by atoms with E-state index in [2.05, 4.69) is 47.6 Å². The summed E-state index contributed by atoms with van der Waals surface area (Å²) in [5, 5.41) is 0. The molecule has 1 aromatic rings. The van der Waals surface area contributed by atoms with E-state index in [9.17, 15) is 0 Å². The van der Waals surface area contributed by atoms with Crippen LogP contribution in [0.3, 0.4) is 0 Å². The lowest BCUT2D eigenvalue weighted by Crippen LogP contribution is -1.80. The van der Waals surface area contributed by atoms with Gasteiger partial charge in [-0.2, -0.15) is 0 Å². The van der Waals surface area contributed by atoms with Crippen LogP contribution in [0.4, 0.5) is 0 Å². The Labute approximate surface area is 88.5 Å². The largest absolute Gasteiger partial charge is 0.469 e. The maximum absolute atomic E-state index is 5.28. The Balaban J connectivity index is 0.000000364. The third kappa shape index (κ3) is 5.85. The average molecular weight is 196 g/mol. The highest BCUT2D eigenvalue weighted by atomic mass is 16.3. The highest BCUT2D eigenvalue weighted by Crippen LogP contribution is 2.17. The molecule has 0 fully saturated rings. The Bertz CT molecular complexity index is 230. The molecule has 0 radical (unpaired) electrons. The monoisotopic (exact) mass is 196 g/mol. The molecule has 14 heavy (non-hydrogen) atoms. The van der Waals surface area contributed by atoms with Gasteiger partial charge in [-0.3, -0.25) is 0 Å². The van der Waals surface area contributed by atoms with Crippen LogP contribution in [0.15, 0.2) is 16.7 Å². The fraction of sp³-hybridized carbons (Fsp3) is 0.692. The van der Waals surface area contributed by atoms with E-state index in [1.165, 1.54) is 5.56 Å². The van der Waals surface area contributed by atoms with Gasteiger partial charge in [-0.05, 0) is 23.5 Å². The van der Waals surface area contributed by atoms with E-state index in [1.54, 1.807) is 0 Å². The molecule has 0 spiro atoms. The third-order valence-corrected chi connectivity index (χ3v) is 1.69. The minimum atomic E-state index is 0.587. The van der Waals surface area contributed by atoms with E-state index in [-0.39, 0.29) is 0 Å². The fourth-order valence-corrected chi connectivity index (χ4v) is 0.886. The van der Waals surface area contributed by atoms with Gasteiger partial charge < -0.3 is 4.42 Å². The molecule has 1 heteroatoms. The van der Waals surface area contributed by atoms with Gasteiger partial charge in [-0.15, -0.1) is 0 Å². The van der Waals surface area contributed by atoms with Crippen molar-refractivity contribution in [3.05, 3.63) is 23.7 Å². The van der Waals surface area contributed by atoms with Crippen molar-refractivity contribution < 1.29 is 4.42 Å². The summed E-state index contributed by atoms with van der Waals surface area (Å²) in [4.78, 5) is 0. The Morgan fingerprint density at radius 2 is 1.64 bits per heavy atom. The SMILES string of the molecule is CC(C)C.CCc1cc(C(C)C)co1. The number of hydrogen-bond acceptors (Lipinski definition) is 1. The van der Waals surface area contributed by atoms with E-state index >= 15 is 0 Å². The van der Waals surface area contributed by atoms with Crippen molar-refractivity contribution in [1.29, 1.82) is 0 Å². The van der Waals surface area contributed by atoms with Crippen LogP contribution in [-0.4, -0.2) is 0 Å². The number of rotatable bonds is 2. The Hall–Kier alpha value is -0.720. The molecule has 1 aromatic heterocycles. The van der Waals surface area contributed by atoms with Crippen molar-refractivity contribution in [2.45, 2.75) is 53.9 Å². The van der Waals surface area contributed by atoms with Crippen LogP contribution in [0.2, 0.25) is 0 Å². The van der Waals surface area contributed by atoms with Gasteiger partial charge in [-0.1, -0.05) is 41.5 Å². The first-order chi connectivity index (χ1) is 6.47. The number of hydrogen-bond donors (Lipinski definition) is 0. The Morgan fingerprint density at radius 1 is 1.14 bits per heavy atom. The molecule has 0 aromatic carbocycles. The average Bonchev–Trinajstić information content (AvgIpc) is 2.50. The van der Waals surface area contributed by atoms with Crippen LogP contribution < -0.4 is 0 Å². The zero-order valence-corrected chi connectivity index (χ0v) is 10.4. The van der Waals surface area contributed by atoms with Gasteiger partial charge >= 0.3 is 0 Å². The van der Waals surface area contributed by atoms with Gasteiger partial charge in [0, 0.05) is 6.42 Å². The molecule has 82 valence electrons. The molecule has 0 unspecified atom stereocenters. The predicted octanol–water partition coefficient (Wildman–Crippen LogP) is 4.63. The summed E-state index contributed by atoms with van der Waals surface area (Å²) in [5.74, 6) is 2.51. The Morgan fingerprint density at radius 3 is 1.86 bits per heavy atom. The fourth-order valence-electron chi connectivity index (χ4n) is 0.886. The quantitative estimate of drug-likeness (QED) is 0.672. The first-order valence-corrected chi connectivity index (χ1v) is 5.54. The predicted molar refractivity (Wildman–Crippen MR) is 62.7 cm³/mol. The Kier molecular flexibility index (Phi) is 6.35. The van der Waals surface area contributed by atoms with E-state index in [1.807, 2.05) is 6.26 Å². The zero-order valence-electron chi connectivity index (χ0n) is 10.4. The molecule has 0 aliphatic carbocycles. The van der Waals surface area contributed by atoms with Gasteiger partial charge in [0.2, 0.25) is 0 Å². The van der Waals surface area contributed by atoms with Crippen molar-refractivity contribution in [3.8, 4) is 0 Å². The van der Waals surface area contributed by atoms with Crippen molar-refractivity contribution >= 4 is 0 Å². The maximum atomic E-state index is 5.28.